The van der Waals surface area contributed by atoms with Crippen molar-refractivity contribution in [2.45, 2.75) is 18.9 Å². The fourth-order valence-electron chi connectivity index (χ4n) is 3.09. The molecule has 2 saturated heterocycles. The highest BCUT2D eigenvalue weighted by atomic mass is 16.5. The Labute approximate surface area is 137 Å². The molecule has 0 unspecified atom stereocenters. The Morgan fingerprint density at radius 1 is 1.26 bits per heavy atom. The van der Waals surface area contributed by atoms with E-state index in [2.05, 4.69) is 16.3 Å². The Balaban J connectivity index is 1.51. The molecule has 126 valence electrons. The number of quaternary nitrogens is 1. The van der Waals surface area contributed by atoms with Crippen LogP contribution in [0.25, 0.3) is 0 Å². The van der Waals surface area contributed by atoms with Crippen molar-refractivity contribution in [3.63, 3.8) is 0 Å². The Bertz CT molecular complexity index is 512. The first-order valence-electron chi connectivity index (χ1n) is 8.48. The third-order valence-electron chi connectivity index (χ3n) is 4.31. The minimum atomic E-state index is 0.0312. The zero-order chi connectivity index (χ0) is 15.9. The van der Waals surface area contributed by atoms with Crippen LogP contribution in [-0.2, 0) is 14.3 Å². The average Bonchev–Trinajstić information content (AvgIpc) is 3.09. The molecule has 1 aromatic carbocycles. The standard InChI is InChI=1S/C17H25N3O3/c21-17(13-18-12-14-4-3-9-23-14)19-15-5-1-2-6-16(15)20-7-10-22-11-8-20/h1-2,5-6,14,18H,3-4,7-13H2,(H,19,21)/p+1/t14-/m0/s1. The van der Waals surface area contributed by atoms with E-state index in [0.29, 0.717) is 12.6 Å². The molecule has 0 saturated carbocycles. The molecule has 6 nitrogen and oxygen atoms in total. The van der Waals surface area contributed by atoms with Gasteiger partial charge in [-0.25, -0.2) is 0 Å². The van der Waals surface area contributed by atoms with Gasteiger partial charge in [-0.2, -0.15) is 0 Å². The SMILES string of the molecule is O=C(C[NH2+]C[C@@H]1CCCO1)Nc1ccccc1N1CCOCC1. The number of rotatable bonds is 6. The number of carbonyl (C=O) groups excluding carboxylic acids is 1. The molecule has 2 fully saturated rings. The molecular formula is C17H26N3O3+. The lowest BCUT2D eigenvalue weighted by Gasteiger charge is -2.30. The molecule has 0 spiro atoms. The number of para-hydroxylation sites is 2. The minimum Gasteiger partial charge on any atom is -0.378 e. The van der Waals surface area contributed by atoms with E-state index >= 15 is 0 Å². The number of benzene rings is 1. The van der Waals surface area contributed by atoms with E-state index in [-0.39, 0.29) is 5.91 Å². The van der Waals surface area contributed by atoms with Gasteiger partial charge in [0.2, 0.25) is 0 Å². The van der Waals surface area contributed by atoms with Crippen molar-refractivity contribution in [3.05, 3.63) is 24.3 Å². The van der Waals surface area contributed by atoms with Crippen LogP contribution in [0.2, 0.25) is 0 Å². The highest BCUT2D eigenvalue weighted by Gasteiger charge is 2.19. The van der Waals surface area contributed by atoms with Gasteiger partial charge in [-0.3, -0.25) is 4.79 Å². The molecule has 23 heavy (non-hydrogen) atoms. The van der Waals surface area contributed by atoms with Crippen LogP contribution >= 0.6 is 0 Å². The van der Waals surface area contributed by atoms with E-state index in [9.17, 15) is 4.79 Å². The van der Waals surface area contributed by atoms with E-state index in [4.69, 9.17) is 9.47 Å². The van der Waals surface area contributed by atoms with E-state index < -0.39 is 0 Å². The highest BCUT2D eigenvalue weighted by Crippen LogP contribution is 2.26. The largest absolute Gasteiger partial charge is 0.378 e. The van der Waals surface area contributed by atoms with Crippen LogP contribution in [0.3, 0.4) is 0 Å². The molecular weight excluding hydrogens is 294 g/mol. The first kappa shape index (κ1) is 16.2. The normalized spacial score (nSPS) is 21.4. The lowest BCUT2D eigenvalue weighted by molar-refractivity contribution is -0.649. The van der Waals surface area contributed by atoms with Crippen LogP contribution in [0, 0.1) is 0 Å². The summed E-state index contributed by atoms with van der Waals surface area (Å²) in [5.41, 5.74) is 1.95. The van der Waals surface area contributed by atoms with Crippen LogP contribution in [0.15, 0.2) is 24.3 Å². The summed E-state index contributed by atoms with van der Waals surface area (Å²) in [6.45, 7) is 5.33. The average molecular weight is 320 g/mol. The molecule has 1 aromatic rings. The maximum absolute atomic E-state index is 12.2. The van der Waals surface area contributed by atoms with Crippen LogP contribution in [0.5, 0.6) is 0 Å². The maximum Gasteiger partial charge on any atom is 0.279 e. The Hall–Kier alpha value is -1.63. The lowest BCUT2D eigenvalue weighted by Crippen LogP contribution is -2.88. The molecule has 1 atom stereocenters. The number of hydrogen-bond donors (Lipinski definition) is 2. The van der Waals surface area contributed by atoms with Gasteiger partial charge in [-0.05, 0) is 25.0 Å². The molecule has 2 aliphatic rings. The van der Waals surface area contributed by atoms with E-state index in [0.717, 1.165) is 63.7 Å². The highest BCUT2D eigenvalue weighted by molar-refractivity contribution is 5.94. The lowest BCUT2D eigenvalue weighted by atomic mass is 10.2. The fourth-order valence-corrected chi connectivity index (χ4v) is 3.09. The zero-order valence-electron chi connectivity index (χ0n) is 13.5. The number of nitrogens with one attached hydrogen (secondary N) is 1. The van der Waals surface area contributed by atoms with E-state index in [1.165, 1.54) is 0 Å². The number of carbonyl (C=O) groups is 1. The number of anilines is 2. The summed E-state index contributed by atoms with van der Waals surface area (Å²) in [6, 6.07) is 7.97. The molecule has 2 heterocycles. The molecule has 0 radical (unpaired) electrons. The van der Waals surface area contributed by atoms with Crippen molar-refractivity contribution < 1.29 is 19.6 Å². The van der Waals surface area contributed by atoms with Crippen molar-refractivity contribution in [1.29, 1.82) is 0 Å². The maximum atomic E-state index is 12.2. The van der Waals surface area contributed by atoms with Crippen molar-refractivity contribution in [2.24, 2.45) is 0 Å². The topological polar surface area (TPSA) is 67.4 Å². The third-order valence-corrected chi connectivity index (χ3v) is 4.31. The van der Waals surface area contributed by atoms with Crippen molar-refractivity contribution in [1.82, 2.24) is 0 Å². The molecule has 0 bridgehead atoms. The quantitative estimate of drug-likeness (QED) is 0.786. The fraction of sp³-hybridized carbons (Fsp3) is 0.588. The molecule has 3 rings (SSSR count). The van der Waals surface area contributed by atoms with Crippen LogP contribution < -0.4 is 15.5 Å². The monoisotopic (exact) mass is 320 g/mol. The number of morpholine rings is 1. The van der Waals surface area contributed by atoms with Crippen LogP contribution in [0.4, 0.5) is 11.4 Å². The smallest absolute Gasteiger partial charge is 0.279 e. The van der Waals surface area contributed by atoms with Gasteiger partial charge in [0, 0.05) is 19.7 Å². The molecule has 0 aliphatic carbocycles. The van der Waals surface area contributed by atoms with Gasteiger partial charge in [0.05, 0.1) is 24.6 Å². The minimum absolute atomic E-state index is 0.0312. The zero-order valence-corrected chi connectivity index (χ0v) is 13.5. The van der Waals surface area contributed by atoms with Crippen LogP contribution in [-0.4, -0.2) is 58.0 Å². The number of hydrogen-bond acceptors (Lipinski definition) is 4. The van der Waals surface area contributed by atoms with Gasteiger partial charge in [0.15, 0.2) is 6.54 Å². The summed E-state index contributed by atoms with van der Waals surface area (Å²) in [5, 5.41) is 5.07. The van der Waals surface area contributed by atoms with Gasteiger partial charge >= 0.3 is 0 Å². The third kappa shape index (κ3) is 4.67. The molecule has 6 heteroatoms. The summed E-state index contributed by atoms with van der Waals surface area (Å²) in [6.07, 6.45) is 2.55. The molecule has 0 aromatic heterocycles. The number of amides is 1. The first-order valence-corrected chi connectivity index (χ1v) is 8.48. The number of nitrogens with two attached hydrogens (primary N) is 1. The van der Waals surface area contributed by atoms with Crippen molar-refractivity contribution in [2.75, 3.05) is 56.2 Å². The Kier molecular flexibility index (Phi) is 5.85. The van der Waals surface area contributed by atoms with Gasteiger partial charge < -0.3 is 25.0 Å². The van der Waals surface area contributed by atoms with Crippen molar-refractivity contribution in [3.8, 4) is 0 Å². The van der Waals surface area contributed by atoms with Gasteiger partial charge in [-0.1, -0.05) is 12.1 Å². The molecule has 2 aliphatic heterocycles. The second-order valence-electron chi connectivity index (χ2n) is 6.03. The first-order chi connectivity index (χ1) is 11.3. The second kappa shape index (κ2) is 8.29. The Morgan fingerprint density at radius 3 is 2.87 bits per heavy atom. The molecule has 3 N–H and O–H groups in total. The predicted octanol–water partition coefficient (Wildman–Crippen LogP) is 0.204. The van der Waals surface area contributed by atoms with E-state index in [1.807, 2.05) is 23.5 Å². The predicted molar refractivity (Wildman–Crippen MR) is 88.7 cm³/mol. The van der Waals surface area contributed by atoms with E-state index in [1.54, 1.807) is 0 Å². The number of ether oxygens (including phenoxy) is 2. The summed E-state index contributed by atoms with van der Waals surface area (Å²) in [4.78, 5) is 14.5. The van der Waals surface area contributed by atoms with Gasteiger partial charge in [0.1, 0.15) is 12.6 Å². The summed E-state index contributed by atoms with van der Waals surface area (Å²) in [7, 11) is 0. The number of nitrogens with zero attached hydrogens (tertiary/aromatic N) is 1. The Morgan fingerprint density at radius 2 is 2.09 bits per heavy atom. The van der Waals surface area contributed by atoms with Gasteiger partial charge in [0.25, 0.3) is 5.91 Å². The van der Waals surface area contributed by atoms with Gasteiger partial charge in [-0.15, -0.1) is 0 Å². The second-order valence-corrected chi connectivity index (χ2v) is 6.03. The molecule has 1 amide bonds. The summed E-state index contributed by atoms with van der Waals surface area (Å²) < 4.78 is 11.0. The summed E-state index contributed by atoms with van der Waals surface area (Å²) in [5.74, 6) is 0.0312. The van der Waals surface area contributed by atoms with Crippen molar-refractivity contribution >= 4 is 17.3 Å². The van der Waals surface area contributed by atoms with Crippen LogP contribution in [0.1, 0.15) is 12.8 Å². The summed E-state index contributed by atoms with van der Waals surface area (Å²) >= 11 is 0.